The zero-order valence-corrected chi connectivity index (χ0v) is 7.87. The largest absolute Gasteiger partial charge is 0.396 e. The van der Waals surface area contributed by atoms with Crippen molar-refractivity contribution in [3.05, 3.63) is 54.1 Å². The second-order valence-corrected chi connectivity index (χ2v) is 3.19. The van der Waals surface area contributed by atoms with Crippen molar-refractivity contribution >= 4 is 5.69 Å². The number of nitrogens with two attached hydrogens (primary N) is 1. The summed E-state index contributed by atoms with van der Waals surface area (Å²) in [7, 11) is 0. The molecule has 0 saturated heterocycles. The minimum Gasteiger partial charge on any atom is -0.396 e. The van der Waals surface area contributed by atoms with Crippen LogP contribution in [0.1, 0.15) is 0 Å². The standard InChI is InChI=1S/C12H9F2N/c13-9-6-7-10(15)12(14)11(9)8-4-2-1-3-5-8/h1-7H,15H2. The van der Waals surface area contributed by atoms with Gasteiger partial charge in [0.2, 0.25) is 0 Å². The number of nitrogen functional groups attached to an aromatic ring is 1. The highest BCUT2D eigenvalue weighted by Gasteiger charge is 2.13. The van der Waals surface area contributed by atoms with E-state index in [9.17, 15) is 8.78 Å². The van der Waals surface area contributed by atoms with Crippen molar-refractivity contribution in [1.29, 1.82) is 0 Å². The number of anilines is 1. The predicted molar refractivity (Wildman–Crippen MR) is 56.2 cm³/mol. The third-order valence-corrected chi connectivity index (χ3v) is 2.18. The molecular weight excluding hydrogens is 196 g/mol. The molecule has 2 aromatic rings. The molecule has 2 rings (SSSR count). The Morgan fingerprint density at radius 3 is 2.20 bits per heavy atom. The summed E-state index contributed by atoms with van der Waals surface area (Å²) in [5, 5.41) is 0. The second kappa shape index (κ2) is 3.69. The molecule has 1 nitrogen and oxygen atoms in total. The fourth-order valence-electron chi connectivity index (χ4n) is 1.44. The zero-order valence-electron chi connectivity index (χ0n) is 7.87. The highest BCUT2D eigenvalue weighted by Crippen LogP contribution is 2.28. The first-order valence-electron chi connectivity index (χ1n) is 4.49. The molecule has 0 saturated carbocycles. The quantitative estimate of drug-likeness (QED) is 0.711. The molecule has 0 heterocycles. The molecule has 0 radical (unpaired) electrons. The van der Waals surface area contributed by atoms with E-state index in [1.165, 1.54) is 12.1 Å². The molecule has 0 unspecified atom stereocenters. The lowest BCUT2D eigenvalue weighted by molar-refractivity contribution is 0.592. The van der Waals surface area contributed by atoms with Gasteiger partial charge in [0.15, 0.2) is 5.82 Å². The summed E-state index contributed by atoms with van der Waals surface area (Å²) in [4.78, 5) is 0. The van der Waals surface area contributed by atoms with Gasteiger partial charge in [-0.3, -0.25) is 0 Å². The van der Waals surface area contributed by atoms with E-state index < -0.39 is 11.6 Å². The Hall–Kier alpha value is -1.90. The molecule has 0 atom stereocenters. The van der Waals surface area contributed by atoms with Crippen LogP contribution in [0.5, 0.6) is 0 Å². The lowest BCUT2D eigenvalue weighted by atomic mass is 10.0. The topological polar surface area (TPSA) is 26.0 Å². The predicted octanol–water partition coefficient (Wildman–Crippen LogP) is 3.21. The van der Waals surface area contributed by atoms with Crippen molar-refractivity contribution in [2.45, 2.75) is 0 Å². The Labute approximate surface area is 86.2 Å². The van der Waals surface area contributed by atoms with Crippen LogP contribution in [0, 0.1) is 11.6 Å². The van der Waals surface area contributed by atoms with E-state index in [0.717, 1.165) is 0 Å². The molecule has 0 amide bonds. The van der Waals surface area contributed by atoms with Crippen LogP contribution in [0.25, 0.3) is 11.1 Å². The molecule has 2 aromatic carbocycles. The highest BCUT2D eigenvalue weighted by atomic mass is 19.1. The van der Waals surface area contributed by atoms with E-state index >= 15 is 0 Å². The van der Waals surface area contributed by atoms with E-state index in [0.29, 0.717) is 5.56 Å². The maximum atomic E-state index is 13.6. The summed E-state index contributed by atoms with van der Waals surface area (Å²) in [6.45, 7) is 0. The van der Waals surface area contributed by atoms with Crippen LogP contribution in [0.3, 0.4) is 0 Å². The van der Waals surface area contributed by atoms with Crippen LogP contribution < -0.4 is 5.73 Å². The Balaban J connectivity index is 2.68. The number of halogens is 2. The van der Waals surface area contributed by atoms with Gasteiger partial charge in [0.05, 0.1) is 11.3 Å². The maximum absolute atomic E-state index is 13.6. The van der Waals surface area contributed by atoms with Crippen molar-refractivity contribution in [3.8, 4) is 11.1 Å². The normalized spacial score (nSPS) is 10.3. The minimum atomic E-state index is -0.707. The third-order valence-electron chi connectivity index (χ3n) is 2.18. The fourth-order valence-corrected chi connectivity index (χ4v) is 1.44. The first kappa shape index (κ1) is 9.65. The molecule has 0 fully saturated rings. The Morgan fingerprint density at radius 2 is 1.53 bits per heavy atom. The van der Waals surface area contributed by atoms with Gasteiger partial charge in [-0.05, 0) is 17.7 Å². The van der Waals surface area contributed by atoms with E-state index in [4.69, 9.17) is 5.73 Å². The van der Waals surface area contributed by atoms with Crippen molar-refractivity contribution < 1.29 is 8.78 Å². The van der Waals surface area contributed by atoms with Crippen LogP contribution in [-0.2, 0) is 0 Å². The third kappa shape index (κ3) is 1.68. The molecule has 2 N–H and O–H groups in total. The van der Waals surface area contributed by atoms with Gasteiger partial charge in [-0.25, -0.2) is 8.78 Å². The van der Waals surface area contributed by atoms with Gasteiger partial charge in [-0.1, -0.05) is 30.3 Å². The van der Waals surface area contributed by atoms with Crippen molar-refractivity contribution in [3.63, 3.8) is 0 Å². The van der Waals surface area contributed by atoms with Gasteiger partial charge >= 0.3 is 0 Å². The second-order valence-electron chi connectivity index (χ2n) is 3.19. The van der Waals surface area contributed by atoms with Crippen LogP contribution >= 0.6 is 0 Å². The van der Waals surface area contributed by atoms with Crippen molar-refractivity contribution in [2.75, 3.05) is 5.73 Å². The van der Waals surface area contributed by atoms with E-state index in [1.807, 2.05) is 0 Å². The van der Waals surface area contributed by atoms with E-state index in [1.54, 1.807) is 30.3 Å². The Bertz CT molecular complexity index is 480. The molecule has 3 heteroatoms. The Kier molecular flexibility index (Phi) is 2.37. The molecule has 0 spiro atoms. The molecular formula is C12H9F2N. The maximum Gasteiger partial charge on any atom is 0.156 e. The molecule has 0 aliphatic heterocycles. The van der Waals surface area contributed by atoms with Gasteiger partial charge in [-0.2, -0.15) is 0 Å². The lowest BCUT2D eigenvalue weighted by Gasteiger charge is -2.06. The first-order valence-corrected chi connectivity index (χ1v) is 4.49. The summed E-state index contributed by atoms with van der Waals surface area (Å²) >= 11 is 0. The molecule has 76 valence electrons. The first-order chi connectivity index (χ1) is 7.20. The van der Waals surface area contributed by atoms with Crippen molar-refractivity contribution in [1.82, 2.24) is 0 Å². The van der Waals surface area contributed by atoms with Gasteiger partial charge in [-0.15, -0.1) is 0 Å². The fraction of sp³-hybridized carbons (Fsp3) is 0. The van der Waals surface area contributed by atoms with E-state index in [2.05, 4.69) is 0 Å². The summed E-state index contributed by atoms with van der Waals surface area (Å²) in [6, 6.07) is 10.9. The monoisotopic (exact) mass is 205 g/mol. The van der Waals surface area contributed by atoms with Gasteiger partial charge in [0.25, 0.3) is 0 Å². The zero-order chi connectivity index (χ0) is 10.8. The molecule has 0 aliphatic rings. The van der Waals surface area contributed by atoms with E-state index in [-0.39, 0.29) is 11.3 Å². The molecule has 15 heavy (non-hydrogen) atoms. The summed E-state index contributed by atoms with van der Waals surface area (Å²) in [5.74, 6) is -1.31. The number of rotatable bonds is 1. The van der Waals surface area contributed by atoms with Crippen LogP contribution in [0.2, 0.25) is 0 Å². The van der Waals surface area contributed by atoms with Gasteiger partial charge in [0.1, 0.15) is 5.82 Å². The highest BCUT2D eigenvalue weighted by molar-refractivity contribution is 5.69. The number of benzene rings is 2. The van der Waals surface area contributed by atoms with Gasteiger partial charge in [0, 0.05) is 0 Å². The number of hydrogen-bond donors (Lipinski definition) is 1. The lowest BCUT2D eigenvalue weighted by Crippen LogP contribution is -1.96. The minimum absolute atomic E-state index is 0.0461. The van der Waals surface area contributed by atoms with Crippen molar-refractivity contribution in [2.24, 2.45) is 0 Å². The summed E-state index contributed by atoms with van der Waals surface area (Å²) in [6.07, 6.45) is 0. The van der Waals surface area contributed by atoms with Gasteiger partial charge < -0.3 is 5.73 Å². The van der Waals surface area contributed by atoms with Crippen LogP contribution in [0.15, 0.2) is 42.5 Å². The molecule has 0 bridgehead atoms. The average Bonchev–Trinajstić information content (AvgIpc) is 2.26. The molecule has 0 aliphatic carbocycles. The van der Waals surface area contributed by atoms with Crippen LogP contribution in [-0.4, -0.2) is 0 Å². The van der Waals surface area contributed by atoms with Crippen LogP contribution in [0.4, 0.5) is 14.5 Å². The Morgan fingerprint density at radius 1 is 0.867 bits per heavy atom. The summed E-state index contributed by atoms with van der Waals surface area (Å²) in [5.41, 5.74) is 5.75. The molecule has 0 aromatic heterocycles. The number of hydrogen-bond acceptors (Lipinski definition) is 1. The average molecular weight is 205 g/mol. The smallest absolute Gasteiger partial charge is 0.156 e. The SMILES string of the molecule is Nc1ccc(F)c(-c2ccccc2)c1F. The summed E-state index contributed by atoms with van der Waals surface area (Å²) < 4.78 is 27.0.